The second-order valence-electron chi connectivity index (χ2n) is 16.0. The number of carbonyl (C=O) groups excluding carboxylic acids is 2. The third-order valence-electron chi connectivity index (χ3n) is 10.8. The third kappa shape index (κ3) is 31.0. The number of carbonyl (C=O) groups is 2. The Bertz CT molecular complexity index is 704. The first-order chi connectivity index (χ1) is 24.8. The van der Waals surface area contributed by atoms with Gasteiger partial charge in [-0.25, -0.2) is 0 Å². The van der Waals surface area contributed by atoms with Gasteiger partial charge >= 0.3 is 11.9 Å². The Balaban J connectivity index is 4.61. The van der Waals surface area contributed by atoms with E-state index in [1.807, 2.05) is 0 Å². The quantitative estimate of drug-likeness (QED) is 0.0503. The summed E-state index contributed by atoms with van der Waals surface area (Å²) in [7, 11) is 0. The highest BCUT2D eigenvalue weighted by Crippen LogP contribution is 2.29. The molecule has 0 unspecified atom stereocenters. The number of nitrogens with zero attached hydrogens (tertiary/aromatic N) is 1. The first-order valence-electron chi connectivity index (χ1n) is 22.5. The molecule has 0 atom stereocenters. The van der Waals surface area contributed by atoms with Gasteiger partial charge in [0.15, 0.2) is 0 Å². The van der Waals surface area contributed by atoms with Crippen LogP contribution in [-0.2, 0) is 19.1 Å². The predicted octanol–water partition coefficient (Wildman–Crippen LogP) is 12.8. The normalized spacial score (nSPS) is 12.0. The molecular formula is C45H89NO5. The molecule has 304 valence electrons. The Morgan fingerprint density at radius 3 is 1.18 bits per heavy atom. The van der Waals surface area contributed by atoms with E-state index in [2.05, 4.69) is 46.4 Å². The summed E-state index contributed by atoms with van der Waals surface area (Å²) in [5, 5.41) is 11.8. The van der Waals surface area contributed by atoms with Crippen molar-refractivity contribution in [2.75, 3.05) is 32.8 Å². The maximum absolute atomic E-state index is 12.5. The SMILES string of the molecule is CCCCC(CCCC)CC(=O)OCCCCCCC(O)(CCCCCCOC(=O)CC(CCCC)CCCC)CCCCN(CCC)CCC. The van der Waals surface area contributed by atoms with E-state index in [0.29, 0.717) is 37.9 Å². The van der Waals surface area contributed by atoms with Crippen LogP contribution >= 0.6 is 0 Å². The predicted molar refractivity (Wildman–Crippen MR) is 218 cm³/mol. The maximum Gasteiger partial charge on any atom is 0.306 e. The van der Waals surface area contributed by atoms with E-state index in [1.54, 1.807) is 0 Å². The zero-order valence-electron chi connectivity index (χ0n) is 35.2. The van der Waals surface area contributed by atoms with Gasteiger partial charge in [-0.05, 0) is 115 Å². The van der Waals surface area contributed by atoms with Crippen molar-refractivity contribution in [1.29, 1.82) is 0 Å². The minimum absolute atomic E-state index is 0.0189. The highest BCUT2D eigenvalue weighted by molar-refractivity contribution is 5.70. The Morgan fingerprint density at radius 1 is 0.471 bits per heavy atom. The molecule has 0 bridgehead atoms. The van der Waals surface area contributed by atoms with Crippen LogP contribution in [0.25, 0.3) is 0 Å². The van der Waals surface area contributed by atoms with Gasteiger partial charge in [-0.3, -0.25) is 9.59 Å². The molecule has 51 heavy (non-hydrogen) atoms. The van der Waals surface area contributed by atoms with E-state index in [9.17, 15) is 14.7 Å². The lowest BCUT2D eigenvalue weighted by Crippen LogP contribution is -2.30. The lowest BCUT2D eigenvalue weighted by atomic mass is 9.85. The molecule has 0 aliphatic rings. The minimum Gasteiger partial charge on any atom is -0.466 e. The van der Waals surface area contributed by atoms with Crippen LogP contribution in [0.2, 0.25) is 0 Å². The molecule has 0 aromatic heterocycles. The number of aliphatic hydroxyl groups is 1. The summed E-state index contributed by atoms with van der Waals surface area (Å²) in [6.45, 7) is 17.9. The van der Waals surface area contributed by atoms with Crippen LogP contribution in [0.5, 0.6) is 0 Å². The summed E-state index contributed by atoms with van der Waals surface area (Å²) < 4.78 is 11.3. The monoisotopic (exact) mass is 724 g/mol. The molecule has 6 heteroatoms. The van der Waals surface area contributed by atoms with Gasteiger partial charge in [0.2, 0.25) is 0 Å². The zero-order valence-corrected chi connectivity index (χ0v) is 35.2. The molecule has 0 heterocycles. The summed E-state index contributed by atoms with van der Waals surface area (Å²) in [5.74, 6) is 0.911. The molecule has 0 saturated heterocycles. The number of hydrogen-bond donors (Lipinski definition) is 1. The molecule has 0 aliphatic heterocycles. The molecule has 0 rings (SSSR count). The lowest BCUT2D eigenvalue weighted by Gasteiger charge is -2.29. The van der Waals surface area contributed by atoms with Gasteiger partial charge in [0.1, 0.15) is 0 Å². The van der Waals surface area contributed by atoms with Gasteiger partial charge in [0.05, 0.1) is 18.8 Å². The summed E-state index contributed by atoms with van der Waals surface area (Å²) in [6.07, 6.45) is 30.5. The highest BCUT2D eigenvalue weighted by atomic mass is 16.5. The van der Waals surface area contributed by atoms with Crippen LogP contribution < -0.4 is 0 Å². The van der Waals surface area contributed by atoms with Crippen molar-refractivity contribution >= 4 is 11.9 Å². The van der Waals surface area contributed by atoms with E-state index in [-0.39, 0.29) is 11.9 Å². The van der Waals surface area contributed by atoms with E-state index >= 15 is 0 Å². The Labute approximate surface area is 318 Å². The number of unbranched alkanes of at least 4 members (excludes halogenated alkanes) is 11. The van der Waals surface area contributed by atoms with Crippen molar-refractivity contribution in [2.45, 2.75) is 233 Å². The first kappa shape index (κ1) is 49.9. The molecule has 0 fully saturated rings. The molecular weight excluding hydrogens is 634 g/mol. The molecule has 0 aliphatic carbocycles. The topological polar surface area (TPSA) is 76.1 Å². The molecule has 0 amide bonds. The second-order valence-corrected chi connectivity index (χ2v) is 16.0. The number of hydrogen-bond acceptors (Lipinski definition) is 6. The van der Waals surface area contributed by atoms with Gasteiger partial charge in [-0.2, -0.15) is 0 Å². The molecule has 1 N–H and O–H groups in total. The zero-order chi connectivity index (χ0) is 37.8. The number of ether oxygens (including phenoxy) is 2. The first-order valence-corrected chi connectivity index (χ1v) is 22.5. The molecule has 0 aromatic carbocycles. The largest absolute Gasteiger partial charge is 0.466 e. The van der Waals surface area contributed by atoms with Crippen LogP contribution in [-0.4, -0.2) is 60.4 Å². The second kappa shape index (κ2) is 35.9. The van der Waals surface area contributed by atoms with Crippen molar-refractivity contribution in [2.24, 2.45) is 11.8 Å². The number of rotatable bonds is 39. The summed E-state index contributed by atoms with van der Waals surface area (Å²) in [4.78, 5) is 27.5. The molecule has 6 nitrogen and oxygen atoms in total. The van der Waals surface area contributed by atoms with Crippen LogP contribution in [0.1, 0.15) is 228 Å². The van der Waals surface area contributed by atoms with E-state index < -0.39 is 5.60 Å². The van der Waals surface area contributed by atoms with Gasteiger partial charge < -0.3 is 19.5 Å². The minimum atomic E-state index is -0.600. The van der Waals surface area contributed by atoms with E-state index in [0.717, 1.165) is 116 Å². The summed E-state index contributed by atoms with van der Waals surface area (Å²) in [6, 6.07) is 0. The average molecular weight is 724 g/mol. The fourth-order valence-corrected chi connectivity index (χ4v) is 7.58. The van der Waals surface area contributed by atoms with Gasteiger partial charge in [-0.15, -0.1) is 0 Å². The van der Waals surface area contributed by atoms with E-state index in [1.165, 1.54) is 77.3 Å². The van der Waals surface area contributed by atoms with Gasteiger partial charge in [0.25, 0.3) is 0 Å². The van der Waals surface area contributed by atoms with E-state index in [4.69, 9.17) is 9.47 Å². The van der Waals surface area contributed by atoms with Crippen LogP contribution in [0.3, 0.4) is 0 Å². The van der Waals surface area contributed by atoms with Crippen LogP contribution in [0.4, 0.5) is 0 Å². The van der Waals surface area contributed by atoms with Crippen molar-refractivity contribution in [3.8, 4) is 0 Å². The third-order valence-corrected chi connectivity index (χ3v) is 10.8. The average Bonchev–Trinajstić information content (AvgIpc) is 3.11. The Kier molecular flexibility index (Phi) is 35.1. The Hall–Kier alpha value is -1.14. The number of esters is 2. The van der Waals surface area contributed by atoms with Crippen molar-refractivity contribution in [1.82, 2.24) is 4.90 Å². The highest BCUT2D eigenvalue weighted by Gasteiger charge is 2.25. The molecule has 0 spiro atoms. The summed E-state index contributed by atoms with van der Waals surface area (Å²) in [5.41, 5.74) is -0.600. The van der Waals surface area contributed by atoms with Crippen molar-refractivity contribution in [3.63, 3.8) is 0 Å². The van der Waals surface area contributed by atoms with Gasteiger partial charge in [-0.1, -0.05) is 131 Å². The maximum atomic E-state index is 12.5. The van der Waals surface area contributed by atoms with Crippen molar-refractivity contribution in [3.05, 3.63) is 0 Å². The fraction of sp³-hybridized carbons (Fsp3) is 0.956. The van der Waals surface area contributed by atoms with Crippen molar-refractivity contribution < 1.29 is 24.2 Å². The van der Waals surface area contributed by atoms with Gasteiger partial charge in [0, 0.05) is 12.8 Å². The summed E-state index contributed by atoms with van der Waals surface area (Å²) >= 11 is 0. The fourth-order valence-electron chi connectivity index (χ4n) is 7.58. The van der Waals surface area contributed by atoms with Crippen LogP contribution in [0, 0.1) is 11.8 Å². The van der Waals surface area contributed by atoms with Crippen LogP contribution in [0.15, 0.2) is 0 Å². The standard InChI is InChI=1S/C45H89NO5/c1-7-13-27-41(28-14-8-2)39-43(47)50-37-25-19-17-21-31-45(49,33-23-24-36-46(34-11-5)35-12-6)32-22-18-20-26-38-51-44(48)40-42(29-15-9-3)30-16-10-4/h41-42,49H,7-40H2,1-6H3. The molecule has 0 radical (unpaired) electrons. The Morgan fingerprint density at radius 2 is 0.824 bits per heavy atom. The molecule has 0 saturated carbocycles. The lowest BCUT2D eigenvalue weighted by molar-refractivity contribution is -0.146. The molecule has 0 aromatic rings. The smallest absolute Gasteiger partial charge is 0.306 e.